The topological polar surface area (TPSA) is 54.8 Å². The van der Waals surface area contributed by atoms with Crippen LogP contribution in [0.3, 0.4) is 0 Å². The summed E-state index contributed by atoms with van der Waals surface area (Å²) in [7, 11) is 0. The van der Waals surface area contributed by atoms with Crippen molar-refractivity contribution >= 4 is 16.6 Å². The van der Waals surface area contributed by atoms with Crippen molar-refractivity contribution in [1.29, 1.82) is 0 Å². The number of rotatable bonds is 5. The molecule has 1 aromatic heterocycles. The lowest BCUT2D eigenvalue weighted by Crippen LogP contribution is -2.32. The first-order valence-corrected chi connectivity index (χ1v) is 6.51. The van der Waals surface area contributed by atoms with Crippen molar-refractivity contribution in [2.45, 2.75) is 6.43 Å². The second kappa shape index (κ2) is 5.69. The van der Waals surface area contributed by atoms with Crippen LogP contribution in [0.4, 0.5) is 14.6 Å². The van der Waals surface area contributed by atoms with Crippen molar-refractivity contribution in [1.82, 2.24) is 4.98 Å². The third-order valence-corrected chi connectivity index (χ3v) is 3.26. The number of hydrogen-bond acceptors (Lipinski definition) is 5. The normalized spacial score (nSPS) is 13.1. The Balaban J connectivity index is 2.08. The molecule has 0 unspecified atom stereocenters. The fourth-order valence-electron chi connectivity index (χ4n) is 2.37. The van der Waals surface area contributed by atoms with E-state index in [1.165, 1.54) is 4.90 Å². The minimum atomic E-state index is -2.51. The van der Waals surface area contributed by atoms with Gasteiger partial charge < -0.3 is 19.5 Å². The number of pyridine rings is 1. The number of anilines is 1. The molecule has 0 aliphatic carbocycles. The molecule has 0 atom stereocenters. The highest BCUT2D eigenvalue weighted by atomic mass is 19.3. The number of halogens is 2. The number of aromatic nitrogens is 1. The highest BCUT2D eigenvalue weighted by molar-refractivity contribution is 5.94. The Morgan fingerprint density at radius 2 is 2.05 bits per heavy atom. The molecule has 112 valence electrons. The van der Waals surface area contributed by atoms with Gasteiger partial charge in [-0.25, -0.2) is 13.8 Å². The third kappa shape index (κ3) is 2.69. The summed E-state index contributed by atoms with van der Waals surface area (Å²) in [4.78, 5) is 5.56. The summed E-state index contributed by atoms with van der Waals surface area (Å²) in [5.74, 6) is 1.60. The van der Waals surface area contributed by atoms with Gasteiger partial charge in [-0.3, -0.25) is 0 Å². The van der Waals surface area contributed by atoms with E-state index in [9.17, 15) is 8.78 Å². The third-order valence-electron chi connectivity index (χ3n) is 3.26. The van der Waals surface area contributed by atoms with Gasteiger partial charge >= 0.3 is 0 Å². The Bertz CT molecular complexity index is 651. The quantitative estimate of drug-likeness (QED) is 0.915. The van der Waals surface area contributed by atoms with E-state index in [4.69, 9.17) is 14.6 Å². The predicted octanol–water partition coefficient (Wildman–Crippen LogP) is 2.03. The SMILES string of the molecule is OCCN(CC(F)F)c1nccc2cc3c(cc12)OCO3. The first kappa shape index (κ1) is 13.8. The van der Waals surface area contributed by atoms with E-state index >= 15 is 0 Å². The minimum absolute atomic E-state index is 0.0882. The van der Waals surface area contributed by atoms with Crippen LogP contribution in [-0.2, 0) is 0 Å². The molecule has 2 aromatic rings. The van der Waals surface area contributed by atoms with Crippen LogP contribution in [0.5, 0.6) is 11.5 Å². The van der Waals surface area contributed by atoms with E-state index in [1.807, 2.05) is 0 Å². The number of aliphatic hydroxyl groups is 1. The maximum absolute atomic E-state index is 12.7. The Hall–Kier alpha value is -2.15. The highest BCUT2D eigenvalue weighted by Crippen LogP contribution is 2.38. The van der Waals surface area contributed by atoms with Crippen molar-refractivity contribution in [2.24, 2.45) is 0 Å². The van der Waals surface area contributed by atoms with Crippen LogP contribution >= 0.6 is 0 Å². The largest absolute Gasteiger partial charge is 0.454 e. The molecule has 7 heteroatoms. The van der Waals surface area contributed by atoms with E-state index < -0.39 is 13.0 Å². The van der Waals surface area contributed by atoms with Crippen molar-refractivity contribution in [3.8, 4) is 11.5 Å². The van der Waals surface area contributed by atoms with Gasteiger partial charge in [-0.1, -0.05) is 0 Å². The molecule has 1 aliphatic heterocycles. The molecule has 21 heavy (non-hydrogen) atoms. The van der Waals surface area contributed by atoms with E-state index in [0.29, 0.717) is 22.7 Å². The van der Waals surface area contributed by atoms with Crippen LogP contribution in [0, 0.1) is 0 Å². The summed E-state index contributed by atoms with van der Waals surface area (Å²) in [6, 6.07) is 5.30. The maximum atomic E-state index is 12.7. The van der Waals surface area contributed by atoms with E-state index in [-0.39, 0.29) is 19.9 Å². The van der Waals surface area contributed by atoms with Crippen LogP contribution in [0.25, 0.3) is 10.8 Å². The monoisotopic (exact) mass is 296 g/mol. The molecule has 2 heterocycles. The van der Waals surface area contributed by atoms with Gasteiger partial charge in [0.25, 0.3) is 6.43 Å². The van der Waals surface area contributed by atoms with Gasteiger partial charge in [-0.15, -0.1) is 0 Å². The van der Waals surface area contributed by atoms with Gasteiger partial charge in [0.2, 0.25) is 6.79 Å². The molecule has 1 aliphatic rings. The zero-order chi connectivity index (χ0) is 14.8. The Labute approximate surface area is 119 Å². The van der Waals surface area contributed by atoms with Crippen LogP contribution in [0.1, 0.15) is 0 Å². The number of alkyl halides is 2. The predicted molar refractivity (Wildman–Crippen MR) is 73.2 cm³/mol. The second-order valence-electron chi connectivity index (χ2n) is 4.62. The summed E-state index contributed by atoms with van der Waals surface area (Å²) in [5.41, 5.74) is 0. The maximum Gasteiger partial charge on any atom is 0.255 e. The van der Waals surface area contributed by atoms with Crippen molar-refractivity contribution in [3.05, 3.63) is 24.4 Å². The Morgan fingerprint density at radius 1 is 1.29 bits per heavy atom. The van der Waals surface area contributed by atoms with E-state index in [2.05, 4.69) is 4.98 Å². The number of aliphatic hydroxyl groups excluding tert-OH is 1. The average Bonchev–Trinajstić information content (AvgIpc) is 2.90. The fraction of sp³-hybridized carbons (Fsp3) is 0.357. The second-order valence-corrected chi connectivity index (χ2v) is 4.62. The highest BCUT2D eigenvalue weighted by Gasteiger charge is 2.20. The summed E-state index contributed by atoms with van der Waals surface area (Å²) < 4.78 is 36.1. The van der Waals surface area contributed by atoms with Crippen molar-refractivity contribution in [2.75, 3.05) is 31.4 Å². The summed E-state index contributed by atoms with van der Waals surface area (Å²) >= 11 is 0. The lowest BCUT2D eigenvalue weighted by molar-refractivity contribution is 0.152. The minimum Gasteiger partial charge on any atom is -0.454 e. The number of benzene rings is 1. The lowest BCUT2D eigenvalue weighted by Gasteiger charge is -2.23. The zero-order valence-corrected chi connectivity index (χ0v) is 11.1. The first-order valence-electron chi connectivity index (χ1n) is 6.51. The zero-order valence-electron chi connectivity index (χ0n) is 11.1. The summed E-state index contributed by atoms with van der Waals surface area (Å²) in [5, 5.41) is 10.6. The van der Waals surface area contributed by atoms with Gasteiger partial charge in [0, 0.05) is 18.1 Å². The summed E-state index contributed by atoms with van der Waals surface area (Å²) in [6.07, 6.45) is -0.960. The molecular formula is C14H14F2N2O3. The number of fused-ring (bicyclic) bond motifs is 2. The molecule has 5 nitrogen and oxygen atoms in total. The fourth-order valence-corrected chi connectivity index (χ4v) is 2.37. The Kier molecular flexibility index (Phi) is 3.74. The molecule has 3 rings (SSSR count). The van der Waals surface area contributed by atoms with Crippen LogP contribution in [0.2, 0.25) is 0 Å². The molecule has 1 aromatic carbocycles. The first-order chi connectivity index (χ1) is 10.2. The molecule has 0 bridgehead atoms. The molecule has 0 radical (unpaired) electrons. The average molecular weight is 296 g/mol. The molecule has 1 N–H and O–H groups in total. The van der Waals surface area contributed by atoms with Gasteiger partial charge in [0.1, 0.15) is 5.82 Å². The van der Waals surface area contributed by atoms with Gasteiger partial charge in [0.05, 0.1) is 13.2 Å². The van der Waals surface area contributed by atoms with Crippen molar-refractivity contribution < 1.29 is 23.4 Å². The van der Waals surface area contributed by atoms with Gasteiger partial charge in [0.15, 0.2) is 11.5 Å². The van der Waals surface area contributed by atoms with Crippen LogP contribution < -0.4 is 14.4 Å². The molecule has 0 saturated heterocycles. The molecule has 0 fully saturated rings. The van der Waals surface area contributed by atoms with Crippen molar-refractivity contribution in [3.63, 3.8) is 0 Å². The smallest absolute Gasteiger partial charge is 0.255 e. The summed E-state index contributed by atoms with van der Waals surface area (Å²) in [6.45, 7) is -0.479. The van der Waals surface area contributed by atoms with E-state index in [0.717, 1.165) is 5.39 Å². The number of nitrogens with zero attached hydrogens (tertiary/aromatic N) is 2. The molecule has 0 amide bonds. The van der Waals surface area contributed by atoms with Crippen LogP contribution in [-0.4, -0.2) is 43.0 Å². The molecule has 0 spiro atoms. The molecular weight excluding hydrogens is 282 g/mol. The van der Waals surface area contributed by atoms with E-state index in [1.54, 1.807) is 24.4 Å². The number of hydrogen-bond donors (Lipinski definition) is 1. The molecule has 0 saturated carbocycles. The Morgan fingerprint density at radius 3 is 2.76 bits per heavy atom. The van der Waals surface area contributed by atoms with Crippen LogP contribution in [0.15, 0.2) is 24.4 Å². The van der Waals surface area contributed by atoms with Gasteiger partial charge in [-0.2, -0.15) is 0 Å². The standard InChI is InChI=1S/C14H14F2N2O3/c15-13(16)7-18(3-4-19)14-10-6-12-11(20-8-21-12)5-9(10)1-2-17-14/h1-2,5-6,13,19H,3-4,7-8H2. The lowest BCUT2D eigenvalue weighted by atomic mass is 10.1. The van der Waals surface area contributed by atoms with Gasteiger partial charge in [-0.05, 0) is 23.6 Å². The number of ether oxygens (including phenoxy) is 2.